The van der Waals surface area contributed by atoms with Crippen molar-refractivity contribution in [3.63, 3.8) is 0 Å². The van der Waals surface area contributed by atoms with Gasteiger partial charge in [0.1, 0.15) is 5.69 Å². The number of aliphatic hydroxyl groups is 1. The Morgan fingerprint density at radius 1 is 1.80 bits per heavy atom. The van der Waals surface area contributed by atoms with Gasteiger partial charge in [0, 0.05) is 13.7 Å². The van der Waals surface area contributed by atoms with Crippen LogP contribution in [0.15, 0.2) is 12.5 Å². The number of carbonyl (C=O) groups is 1. The van der Waals surface area contributed by atoms with Gasteiger partial charge in [-0.05, 0) is 6.42 Å². The second-order valence-electron chi connectivity index (χ2n) is 3.10. The second-order valence-corrected chi connectivity index (χ2v) is 3.10. The maximum absolute atomic E-state index is 11.5. The molecule has 1 unspecified atom stereocenters. The zero-order valence-corrected chi connectivity index (χ0v) is 8.56. The van der Waals surface area contributed by atoms with Crippen LogP contribution in [0.25, 0.3) is 0 Å². The molecule has 1 heterocycles. The van der Waals surface area contributed by atoms with Gasteiger partial charge in [0.15, 0.2) is 0 Å². The zero-order valence-electron chi connectivity index (χ0n) is 8.56. The Labute approximate surface area is 87.7 Å². The van der Waals surface area contributed by atoms with Crippen LogP contribution < -0.4 is 5.32 Å². The third-order valence-corrected chi connectivity index (χ3v) is 1.92. The molecule has 0 spiro atoms. The van der Waals surface area contributed by atoms with Gasteiger partial charge in [-0.2, -0.15) is 0 Å². The molecule has 6 nitrogen and oxygen atoms in total. The van der Waals surface area contributed by atoms with Gasteiger partial charge in [0.25, 0.3) is 5.91 Å². The Bertz CT molecular complexity index is 281. The van der Waals surface area contributed by atoms with Crippen LogP contribution in [-0.2, 0) is 4.74 Å². The van der Waals surface area contributed by atoms with Crippen molar-refractivity contribution >= 4 is 5.91 Å². The minimum absolute atomic E-state index is 0.0112. The van der Waals surface area contributed by atoms with Crippen molar-refractivity contribution in [3.05, 3.63) is 18.2 Å². The first-order valence-corrected chi connectivity index (χ1v) is 4.67. The van der Waals surface area contributed by atoms with Gasteiger partial charge in [0.05, 0.1) is 25.2 Å². The summed E-state index contributed by atoms with van der Waals surface area (Å²) in [5, 5.41) is 11.5. The van der Waals surface area contributed by atoms with Gasteiger partial charge in [0.2, 0.25) is 0 Å². The molecule has 0 saturated heterocycles. The average molecular weight is 213 g/mol. The molecule has 6 heteroatoms. The van der Waals surface area contributed by atoms with Gasteiger partial charge in [-0.1, -0.05) is 0 Å². The van der Waals surface area contributed by atoms with E-state index in [4.69, 9.17) is 9.84 Å². The van der Waals surface area contributed by atoms with Crippen molar-refractivity contribution in [2.45, 2.75) is 12.5 Å². The maximum Gasteiger partial charge on any atom is 0.269 e. The molecule has 0 aromatic carbocycles. The minimum atomic E-state index is -0.247. The molecule has 0 bridgehead atoms. The molecule has 0 saturated carbocycles. The third-order valence-electron chi connectivity index (χ3n) is 1.92. The summed E-state index contributed by atoms with van der Waals surface area (Å²) in [5.41, 5.74) is 0.397. The molecule has 0 radical (unpaired) electrons. The van der Waals surface area contributed by atoms with E-state index in [2.05, 4.69) is 15.3 Å². The van der Waals surface area contributed by atoms with E-state index in [9.17, 15) is 4.79 Å². The lowest BCUT2D eigenvalue weighted by atomic mass is 10.2. The van der Waals surface area contributed by atoms with E-state index >= 15 is 0 Å². The van der Waals surface area contributed by atoms with Gasteiger partial charge < -0.3 is 20.1 Å². The number of rotatable bonds is 6. The van der Waals surface area contributed by atoms with Crippen LogP contribution in [0.2, 0.25) is 0 Å². The highest BCUT2D eigenvalue weighted by Crippen LogP contribution is 1.96. The van der Waals surface area contributed by atoms with Crippen molar-refractivity contribution in [3.8, 4) is 0 Å². The number of nitrogens with zero attached hydrogens (tertiary/aromatic N) is 1. The third kappa shape index (κ3) is 3.69. The van der Waals surface area contributed by atoms with E-state index in [1.165, 1.54) is 12.5 Å². The number of aromatic nitrogens is 2. The number of hydrogen-bond donors (Lipinski definition) is 3. The molecule has 1 amide bonds. The summed E-state index contributed by atoms with van der Waals surface area (Å²) in [4.78, 5) is 18.0. The molecular formula is C9H15N3O3. The number of imidazole rings is 1. The molecule has 1 aromatic heterocycles. The number of H-pyrrole nitrogens is 1. The van der Waals surface area contributed by atoms with Gasteiger partial charge in [-0.25, -0.2) is 4.98 Å². The summed E-state index contributed by atoms with van der Waals surface area (Å²) in [6, 6.07) is -0.184. The molecule has 1 rings (SSSR count). The molecule has 0 aliphatic carbocycles. The largest absolute Gasteiger partial charge is 0.396 e. The highest BCUT2D eigenvalue weighted by molar-refractivity contribution is 5.92. The molecule has 1 aromatic rings. The van der Waals surface area contributed by atoms with Crippen LogP contribution in [0.1, 0.15) is 16.9 Å². The molecule has 3 N–H and O–H groups in total. The zero-order chi connectivity index (χ0) is 11.1. The van der Waals surface area contributed by atoms with Crippen LogP contribution in [0.3, 0.4) is 0 Å². The van der Waals surface area contributed by atoms with Gasteiger partial charge in [-0.3, -0.25) is 4.79 Å². The highest BCUT2D eigenvalue weighted by Gasteiger charge is 2.13. The van der Waals surface area contributed by atoms with Crippen molar-refractivity contribution in [1.29, 1.82) is 0 Å². The van der Waals surface area contributed by atoms with E-state index < -0.39 is 0 Å². The number of ether oxygens (including phenoxy) is 1. The standard InChI is InChI=1S/C9H15N3O3/c1-15-5-7(2-3-13)12-9(14)8-4-10-6-11-8/h4,6-7,13H,2-3,5H2,1H3,(H,10,11)(H,12,14). The van der Waals surface area contributed by atoms with Crippen molar-refractivity contribution in [2.75, 3.05) is 20.3 Å². The molecule has 84 valence electrons. The van der Waals surface area contributed by atoms with Crippen molar-refractivity contribution < 1.29 is 14.6 Å². The number of amides is 1. The number of methoxy groups -OCH3 is 1. The maximum atomic E-state index is 11.5. The van der Waals surface area contributed by atoms with Crippen molar-refractivity contribution in [2.24, 2.45) is 0 Å². The van der Waals surface area contributed by atoms with Crippen LogP contribution >= 0.6 is 0 Å². The smallest absolute Gasteiger partial charge is 0.269 e. The summed E-state index contributed by atoms with van der Waals surface area (Å²) in [6.45, 7) is 0.387. The molecule has 0 aliphatic heterocycles. The number of nitrogens with one attached hydrogen (secondary N) is 2. The van der Waals surface area contributed by atoms with Crippen LogP contribution in [0.4, 0.5) is 0 Å². The van der Waals surface area contributed by atoms with Crippen LogP contribution in [0.5, 0.6) is 0 Å². The number of aromatic amines is 1. The van der Waals surface area contributed by atoms with E-state index in [-0.39, 0.29) is 18.6 Å². The second kappa shape index (κ2) is 6.15. The quantitative estimate of drug-likeness (QED) is 0.596. The number of hydrogen-bond acceptors (Lipinski definition) is 4. The highest BCUT2D eigenvalue weighted by atomic mass is 16.5. The van der Waals surface area contributed by atoms with E-state index in [1.807, 2.05) is 0 Å². The molecular weight excluding hydrogens is 198 g/mol. The van der Waals surface area contributed by atoms with Gasteiger partial charge in [-0.15, -0.1) is 0 Å². The first kappa shape index (κ1) is 11.7. The van der Waals surface area contributed by atoms with E-state index in [1.54, 1.807) is 7.11 Å². The number of aliphatic hydroxyl groups excluding tert-OH is 1. The summed E-state index contributed by atoms with van der Waals surface area (Å²) in [5.74, 6) is -0.247. The Morgan fingerprint density at radius 3 is 3.13 bits per heavy atom. The topological polar surface area (TPSA) is 87.2 Å². The minimum Gasteiger partial charge on any atom is -0.396 e. The fourth-order valence-electron chi connectivity index (χ4n) is 1.20. The first-order valence-electron chi connectivity index (χ1n) is 4.67. The van der Waals surface area contributed by atoms with Crippen molar-refractivity contribution in [1.82, 2.24) is 15.3 Å². The predicted octanol–water partition coefficient (Wildman–Crippen LogP) is -0.463. The first-order chi connectivity index (χ1) is 7.27. The lowest BCUT2D eigenvalue weighted by Gasteiger charge is -2.15. The lowest BCUT2D eigenvalue weighted by molar-refractivity contribution is 0.0874. The molecule has 0 aliphatic rings. The molecule has 0 fully saturated rings. The summed E-state index contributed by atoms with van der Waals surface area (Å²) in [6.07, 6.45) is 3.35. The SMILES string of the molecule is COCC(CCO)NC(=O)c1cnc[nH]1. The summed E-state index contributed by atoms with van der Waals surface area (Å²) < 4.78 is 4.92. The average Bonchev–Trinajstić information content (AvgIpc) is 2.71. The fraction of sp³-hybridized carbons (Fsp3) is 0.556. The Morgan fingerprint density at radius 2 is 2.60 bits per heavy atom. The Kier molecular flexibility index (Phi) is 4.79. The van der Waals surface area contributed by atoms with E-state index in [0.717, 1.165) is 0 Å². The van der Waals surface area contributed by atoms with Crippen LogP contribution in [-0.4, -0.2) is 47.3 Å². The molecule has 1 atom stereocenters. The fourth-order valence-corrected chi connectivity index (χ4v) is 1.20. The monoisotopic (exact) mass is 213 g/mol. The normalized spacial score (nSPS) is 12.4. The summed E-state index contributed by atoms with van der Waals surface area (Å²) in [7, 11) is 1.55. The summed E-state index contributed by atoms with van der Waals surface area (Å²) >= 11 is 0. The lowest BCUT2D eigenvalue weighted by Crippen LogP contribution is -2.38. The Balaban J connectivity index is 2.47. The van der Waals surface area contributed by atoms with Gasteiger partial charge >= 0.3 is 0 Å². The van der Waals surface area contributed by atoms with Crippen LogP contribution in [0, 0.1) is 0 Å². The Hall–Kier alpha value is -1.40. The predicted molar refractivity (Wildman–Crippen MR) is 53.4 cm³/mol. The molecule has 15 heavy (non-hydrogen) atoms. The number of carbonyl (C=O) groups excluding carboxylic acids is 1. The van der Waals surface area contributed by atoms with E-state index in [0.29, 0.717) is 18.7 Å².